The van der Waals surface area contributed by atoms with Gasteiger partial charge in [-0.05, 0) is 42.0 Å². The van der Waals surface area contributed by atoms with Crippen LogP contribution in [0.2, 0.25) is 0 Å². The third-order valence-corrected chi connectivity index (χ3v) is 4.23. The van der Waals surface area contributed by atoms with Crippen molar-refractivity contribution in [2.75, 3.05) is 18.8 Å². The zero-order valence-electron chi connectivity index (χ0n) is 14.3. The molecule has 0 saturated carbocycles. The van der Waals surface area contributed by atoms with Crippen molar-refractivity contribution in [3.05, 3.63) is 71.2 Å². The Balaban J connectivity index is 1.87. The second kappa shape index (κ2) is 7.74. The topological polar surface area (TPSA) is 52.0 Å². The van der Waals surface area contributed by atoms with E-state index >= 15 is 0 Å². The van der Waals surface area contributed by atoms with E-state index in [4.69, 9.17) is 4.74 Å². The Bertz CT molecular complexity index is 843. The van der Waals surface area contributed by atoms with Crippen LogP contribution < -0.4 is 10.2 Å². The lowest BCUT2D eigenvalue weighted by Gasteiger charge is -2.23. The van der Waals surface area contributed by atoms with Crippen LogP contribution in [0.5, 0.6) is 5.75 Å². The summed E-state index contributed by atoms with van der Waals surface area (Å²) in [6, 6.07) is 5.39. The molecule has 2 aromatic rings. The second-order valence-corrected chi connectivity index (χ2v) is 6.23. The van der Waals surface area contributed by atoms with Crippen LogP contribution >= 0.6 is 11.8 Å². The molecular weight excluding hydrogens is 358 g/mol. The van der Waals surface area contributed by atoms with Crippen molar-refractivity contribution < 1.29 is 13.5 Å². The molecule has 2 heterocycles. The Labute approximate surface area is 154 Å². The fraction of sp³-hybridized carbons (Fsp3) is 0.222. The smallest absolute Gasteiger partial charge is 0.333 e. The third kappa shape index (κ3) is 3.65. The van der Waals surface area contributed by atoms with E-state index in [0.29, 0.717) is 11.6 Å². The Morgan fingerprint density at radius 1 is 1.23 bits per heavy atom. The Kier molecular flexibility index (Phi) is 5.41. The van der Waals surface area contributed by atoms with Crippen molar-refractivity contribution in [2.24, 2.45) is 0 Å². The number of benzene rings is 1. The molecule has 0 radical (unpaired) electrons. The van der Waals surface area contributed by atoms with E-state index in [2.05, 4.69) is 15.6 Å². The lowest BCUT2D eigenvalue weighted by atomic mass is 10.1. The van der Waals surface area contributed by atoms with E-state index in [-0.39, 0.29) is 11.6 Å². The number of hydrogen-bond donors (Lipinski definition) is 1. The van der Waals surface area contributed by atoms with Crippen molar-refractivity contribution >= 4 is 17.8 Å². The van der Waals surface area contributed by atoms with Crippen molar-refractivity contribution in [3.8, 4) is 5.75 Å². The molecule has 136 valence electrons. The SMILES string of the molecule is COc1ccc(C(F)(F)c2nnc3n2NC(/C=C/C=C\SC)C=C3)cc1. The van der Waals surface area contributed by atoms with Crippen molar-refractivity contribution in [3.63, 3.8) is 0 Å². The summed E-state index contributed by atoms with van der Waals surface area (Å²) < 4.78 is 36.2. The van der Waals surface area contributed by atoms with Gasteiger partial charge in [-0.15, -0.1) is 22.0 Å². The predicted octanol–water partition coefficient (Wildman–Crippen LogP) is 3.80. The Morgan fingerprint density at radius 3 is 2.69 bits per heavy atom. The molecule has 26 heavy (non-hydrogen) atoms. The fourth-order valence-corrected chi connectivity index (χ4v) is 2.71. The molecule has 0 spiro atoms. The number of rotatable bonds is 6. The first-order valence-corrected chi connectivity index (χ1v) is 9.14. The number of halogens is 2. The molecule has 1 unspecified atom stereocenters. The molecule has 1 N–H and O–H groups in total. The van der Waals surface area contributed by atoms with Gasteiger partial charge in [0, 0.05) is 5.56 Å². The highest BCUT2D eigenvalue weighted by Crippen LogP contribution is 2.35. The highest BCUT2D eigenvalue weighted by Gasteiger charge is 2.41. The zero-order chi connectivity index (χ0) is 18.6. The monoisotopic (exact) mass is 376 g/mol. The molecule has 1 atom stereocenters. The van der Waals surface area contributed by atoms with Crippen LogP contribution in [0, 0.1) is 0 Å². The number of allylic oxidation sites excluding steroid dienone is 2. The summed E-state index contributed by atoms with van der Waals surface area (Å²) in [5, 5.41) is 9.48. The van der Waals surface area contributed by atoms with Gasteiger partial charge in [0.15, 0.2) is 5.82 Å². The first-order valence-electron chi connectivity index (χ1n) is 7.85. The largest absolute Gasteiger partial charge is 0.497 e. The highest BCUT2D eigenvalue weighted by atomic mass is 32.2. The number of hydrogen-bond acceptors (Lipinski definition) is 5. The summed E-state index contributed by atoms with van der Waals surface area (Å²) in [6.07, 6.45) is 11.1. The summed E-state index contributed by atoms with van der Waals surface area (Å²) in [6.45, 7) is 0. The number of methoxy groups -OCH3 is 1. The lowest BCUT2D eigenvalue weighted by molar-refractivity contribution is 0.0296. The minimum atomic E-state index is -3.30. The van der Waals surface area contributed by atoms with Crippen molar-refractivity contribution in [1.82, 2.24) is 14.9 Å². The van der Waals surface area contributed by atoms with Crippen molar-refractivity contribution in [2.45, 2.75) is 12.0 Å². The molecule has 0 aliphatic carbocycles. The number of nitrogens with zero attached hydrogens (tertiary/aromatic N) is 3. The van der Waals surface area contributed by atoms with Gasteiger partial charge in [-0.25, -0.2) is 4.68 Å². The number of aromatic nitrogens is 3. The van der Waals surface area contributed by atoms with Crippen LogP contribution in [0.3, 0.4) is 0 Å². The molecule has 0 amide bonds. The van der Waals surface area contributed by atoms with Crippen LogP contribution in [0.15, 0.2) is 54.0 Å². The fourth-order valence-electron chi connectivity index (χ4n) is 2.46. The van der Waals surface area contributed by atoms with E-state index < -0.39 is 11.7 Å². The normalized spacial score (nSPS) is 16.8. The van der Waals surface area contributed by atoms with E-state index in [1.54, 1.807) is 17.8 Å². The van der Waals surface area contributed by atoms with Crippen molar-refractivity contribution in [1.29, 1.82) is 0 Å². The molecule has 3 rings (SSSR count). The molecule has 1 aromatic carbocycles. The minimum absolute atomic E-state index is 0.181. The van der Waals surface area contributed by atoms with Gasteiger partial charge >= 0.3 is 5.92 Å². The van der Waals surface area contributed by atoms with Crippen LogP contribution in [0.4, 0.5) is 8.78 Å². The zero-order valence-corrected chi connectivity index (χ0v) is 15.1. The van der Waals surface area contributed by atoms with Crippen LogP contribution in [0.25, 0.3) is 6.08 Å². The summed E-state index contributed by atoms with van der Waals surface area (Å²) in [5.41, 5.74) is 2.81. The van der Waals surface area contributed by atoms with Gasteiger partial charge in [-0.1, -0.05) is 24.3 Å². The second-order valence-electron chi connectivity index (χ2n) is 5.48. The predicted molar refractivity (Wildman–Crippen MR) is 100.0 cm³/mol. The maximum absolute atomic E-state index is 15.0. The maximum Gasteiger partial charge on any atom is 0.333 e. The van der Waals surface area contributed by atoms with Crippen LogP contribution in [0.1, 0.15) is 17.2 Å². The van der Waals surface area contributed by atoms with E-state index in [9.17, 15) is 8.78 Å². The average molecular weight is 376 g/mol. The molecule has 0 saturated heterocycles. The lowest BCUT2D eigenvalue weighted by Crippen LogP contribution is -2.33. The van der Waals surface area contributed by atoms with E-state index in [1.807, 2.05) is 36.0 Å². The van der Waals surface area contributed by atoms with Crippen LogP contribution in [-0.2, 0) is 5.92 Å². The first kappa shape index (κ1) is 18.2. The molecule has 5 nitrogen and oxygen atoms in total. The summed E-state index contributed by atoms with van der Waals surface area (Å²) in [4.78, 5) is 0. The average Bonchev–Trinajstić information content (AvgIpc) is 3.09. The van der Waals surface area contributed by atoms with Gasteiger partial charge < -0.3 is 10.2 Å². The molecule has 0 fully saturated rings. The van der Waals surface area contributed by atoms with E-state index in [1.165, 1.54) is 36.1 Å². The summed E-state index contributed by atoms with van der Waals surface area (Å²) >= 11 is 1.58. The van der Waals surface area contributed by atoms with Gasteiger partial charge in [0.25, 0.3) is 0 Å². The summed E-state index contributed by atoms with van der Waals surface area (Å²) in [5.74, 6) is -2.92. The van der Waals surface area contributed by atoms with Gasteiger partial charge in [0.05, 0.1) is 13.2 Å². The number of nitrogens with one attached hydrogen (secondary N) is 1. The molecule has 0 bridgehead atoms. The maximum atomic E-state index is 15.0. The van der Waals surface area contributed by atoms with Gasteiger partial charge in [-0.2, -0.15) is 8.78 Å². The molecular formula is C18H18F2N4OS. The molecule has 1 aliphatic heterocycles. The van der Waals surface area contributed by atoms with Crippen LogP contribution in [-0.4, -0.2) is 34.3 Å². The van der Waals surface area contributed by atoms with Gasteiger partial charge in [0.2, 0.25) is 5.82 Å². The standard InChI is InChI=1S/C18H18F2N4OS/c1-25-15-9-6-13(7-10-15)18(19,20)17-22-21-16-11-8-14(23-24(16)17)5-3-4-12-26-2/h3-12,14,23H,1-2H3/b5-3+,12-4-. The Morgan fingerprint density at radius 2 is 2.00 bits per heavy atom. The Hall–Kier alpha value is -2.61. The number of fused-ring (bicyclic) bond motifs is 1. The number of ether oxygens (including phenoxy) is 1. The molecule has 1 aliphatic rings. The quantitative estimate of drug-likeness (QED) is 0.778. The highest BCUT2D eigenvalue weighted by molar-refractivity contribution is 8.01. The van der Waals surface area contributed by atoms with E-state index in [0.717, 1.165) is 0 Å². The summed E-state index contributed by atoms with van der Waals surface area (Å²) in [7, 11) is 1.49. The minimum Gasteiger partial charge on any atom is -0.497 e. The van der Waals surface area contributed by atoms with Gasteiger partial charge in [0.1, 0.15) is 5.75 Å². The molecule has 1 aromatic heterocycles. The third-order valence-electron chi connectivity index (χ3n) is 3.80. The number of thioether (sulfide) groups is 1. The molecule has 8 heteroatoms. The van der Waals surface area contributed by atoms with Gasteiger partial charge in [-0.3, -0.25) is 0 Å². The number of alkyl halides is 2. The first-order chi connectivity index (χ1) is 12.6.